The van der Waals surface area contributed by atoms with Crippen molar-refractivity contribution in [2.24, 2.45) is 0 Å². The first-order valence-corrected chi connectivity index (χ1v) is 9.09. The van der Waals surface area contributed by atoms with Gasteiger partial charge in [0.2, 0.25) is 0 Å². The van der Waals surface area contributed by atoms with Crippen LogP contribution in [-0.4, -0.2) is 36.2 Å². The maximum Gasteiger partial charge on any atom is 0.341 e. The summed E-state index contributed by atoms with van der Waals surface area (Å²) in [4.78, 5) is 18.3. The van der Waals surface area contributed by atoms with Crippen LogP contribution in [0.1, 0.15) is 64.7 Å². The molecule has 5 nitrogen and oxygen atoms in total. The molecule has 0 aromatic heterocycles. The third kappa shape index (κ3) is 4.58. The molecule has 2 N–H and O–H groups in total. The Morgan fingerprint density at radius 3 is 2.15 bits per heavy atom. The summed E-state index contributed by atoms with van der Waals surface area (Å²) < 4.78 is 0. The second-order valence-corrected chi connectivity index (χ2v) is 9.05. The molecule has 26 heavy (non-hydrogen) atoms. The lowest BCUT2D eigenvalue weighted by Crippen LogP contribution is -2.37. The van der Waals surface area contributed by atoms with Gasteiger partial charge in [-0.05, 0) is 40.5 Å². The number of benzene rings is 1. The number of carbonyl (C=O) groups is 1. The van der Waals surface area contributed by atoms with E-state index in [4.69, 9.17) is 4.84 Å². The Bertz CT molecular complexity index is 674. The summed E-state index contributed by atoms with van der Waals surface area (Å²) in [5.74, 6) is 0.389. The predicted octanol–water partition coefficient (Wildman–Crippen LogP) is 4.35. The molecule has 0 atom stereocenters. The quantitative estimate of drug-likeness (QED) is 0.771. The van der Waals surface area contributed by atoms with Crippen molar-refractivity contribution >= 4 is 12.1 Å². The summed E-state index contributed by atoms with van der Waals surface area (Å²) in [7, 11) is 1.43. The van der Waals surface area contributed by atoms with Gasteiger partial charge in [-0.25, -0.2) is 10.3 Å². The Morgan fingerprint density at radius 1 is 1.15 bits per heavy atom. The smallest absolute Gasteiger partial charge is 0.341 e. The van der Waals surface area contributed by atoms with E-state index in [9.17, 15) is 9.90 Å². The first-order chi connectivity index (χ1) is 11.9. The highest BCUT2D eigenvalue weighted by molar-refractivity contribution is 5.74. The zero-order chi connectivity index (χ0) is 19.7. The number of phenols is 1. The molecule has 0 spiro atoms. The van der Waals surface area contributed by atoms with Crippen molar-refractivity contribution in [1.29, 1.82) is 0 Å². The number of hydroxylamine groups is 1. The summed E-state index contributed by atoms with van der Waals surface area (Å²) in [5, 5.41) is 10.8. The average Bonchev–Trinajstić information content (AvgIpc) is 2.95. The Balaban J connectivity index is 2.40. The Morgan fingerprint density at radius 2 is 1.69 bits per heavy atom. The molecule has 144 valence electrons. The number of urea groups is 1. The van der Waals surface area contributed by atoms with Gasteiger partial charge in [0.1, 0.15) is 5.75 Å². The third-order valence-corrected chi connectivity index (χ3v) is 4.69. The lowest BCUT2D eigenvalue weighted by Gasteiger charge is -2.28. The van der Waals surface area contributed by atoms with Crippen LogP contribution in [-0.2, 0) is 15.7 Å². The number of rotatable bonds is 2. The van der Waals surface area contributed by atoms with E-state index in [1.165, 1.54) is 12.7 Å². The van der Waals surface area contributed by atoms with Crippen LogP contribution in [0.5, 0.6) is 5.75 Å². The number of aromatic hydroxyl groups is 1. The van der Waals surface area contributed by atoms with Gasteiger partial charge in [-0.15, -0.1) is 0 Å². The second kappa shape index (κ2) is 7.31. The molecule has 1 aliphatic heterocycles. The fourth-order valence-corrected chi connectivity index (χ4v) is 3.24. The molecule has 0 radical (unpaired) electrons. The fourth-order valence-electron chi connectivity index (χ4n) is 3.24. The molecular weight excluding hydrogens is 328 g/mol. The molecule has 1 saturated heterocycles. The summed E-state index contributed by atoms with van der Waals surface area (Å²) in [6.45, 7) is 13.9. The molecule has 1 heterocycles. The van der Waals surface area contributed by atoms with Crippen molar-refractivity contribution < 1.29 is 14.7 Å². The lowest BCUT2D eigenvalue weighted by molar-refractivity contribution is 0.0912. The van der Waals surface area contributed by atoms with Crippen LogP contribution in [0.4, 0.5) is 4.79 Å². The molecular formula is C21H32N2O3. The average molecular weight is 360 g/mol. The first-order valence-electron chi connectivity index (χ1n) is 9.09. The highest BCUT2D eigenvalue weighted by Gasteiger charge is 2.27. The highest BCUT2D eigenvalue weighted by Crippen LogP contribution is 2.40. The number of hydrogen-bond donors (Lipinski definition) is 2. The molecule has 2 amide bonds. The fraction of sp³-hybridized carbons (Fsp3) is 0.571. The van der Waals surface area contributed by atoms with E-state index in [1.54, 1.807) is 4.90 Å². The maximum absolute atomic E-state index is 11.9. The van der Waals surface area contributed by atoms with E-state index < -0.39 is 0 Å². The summed E-state index contributed by atoms with van der Waals surface area (Å²) in [5.41, 5.74) is 6.22. The van der Waals surface area contributed by atoms with E-state index in [0.29, 0.717) is 18.8 Å². The van der Waals surface area contributed by atoms with Gasteiger partial charge in [0, 0.05) is 24.2 Å². The van der Waals surface area contributed by atoms with E-state index in [0.717, 1.165) is 23.1 Å². The Kier molecular flexibility index (Phi) is 5.71. The van der Waals surface area contributed by atoms with Crippen LogP contribution in [0.25, 0.3) is 6.08 Å². The minimum Gasteiger partial charge on any atom is -0.507 e. The molecule has 0 unspecified atom stereocenters. The molecule has 1 fully saturated rings. The van der Waals surface area contributed by atoms with E-state index in [2.05, 4.69) is 65.2 Å². The van der Waals surface area contributed by atoms with Crippen molar-refractivity contribution in [2.45, 2.75) is 58.8 Å². The monoisotopic (exact) mass is 360 g/mol. The molecule has 1 aromatic carbocycles. The van der Waals surface area contributed by atoms with Gasteiger partial charge in [0.15, 0.2) is 0 Å². The SMILES string of the molecule is CONC(=O)N1CCC(=Cc2cc(C(C)(C)C)c(O)c(C(C)(C)C)c2)C1. The van der Waals surface area contributed by atoms with Crippen LogP contribution in [0.2, 0.25) is 0 Å². The van der Waals surface area contributed by atoms with Gasteiger partial charge < -0.3 is 10.0 Å². The Hall–Kier alpha value is -2.01. The van der Waals surface area contributed by atoms with Crippen LogP contribution < -0.4 is 5.48 Å². The van der Waals surface area contributed by atoms with Crippen molar-refractivity contribution in [3.8, 4) is 5.75 Å². The number of amides is 2. The van der Waals surface area contributed by atoms with Gasteiger partial charge in [0.25, 0.3) is 0 Å². The number of carbonyl (C=O) groups excluding carboxylic acids is 1. The standard InChI is InChI=1S/C21H32N2O3/c1-20(2,3)16-11-15(12-17(18(16)24)21(4,5)6)10-14-8-9-23(13-14)19(25)22-26-7/h10-12,24H,8-9,13H2,1-7H3,(H,22,25). The molecule has 2 rings (SSSR count). The Labute approximate surface area is 157 Å². The zero-order valence-electron chi connectivity index (χ0n) is 17.1. The van der Waals surface area contributed by atoms with Crippen molar-refractivity contribution in [2.75, 3.05) is 20.2 Å². The molecule has 5 heteroatoms. The summed E-state index contributed by atoms with van der Waals surface area (Å²) >= 11 is 0. The van der Waals surface area contributed by atoms with Crippen molar-refractivity contribution in [1.82, 2.24) is 10.4 Å². The third-order valence-electron chi connectivity index (χ3n) is 4.69. The topological polar surface area (TPSA) is 61.8 Å². The van der Waals surface area contributed by atoms with Gasteiger partial charge >= 0.3 is 6.03 Å². The molecule has 1 aliphatic rings. The van der Waals surface area contributed by atoms with Crippen molar-refractivity contribution in [3.63, 3.8) is 0 Å². The number of nitrogens with zero attached hydrogens (tertiary/aromatic N) is 1. The zero-order valence-corrected chi connectivity index (χ0v) is 17.1. The van der Waals surface area contributed by atoms with Crippen LogP contribution in [0, 0.1) is 0 Å². The highest BCUT2D eigenvalue weighted by atomic mass is 16.6. The number of phenolic OH excluding ortho intramolecular Hbond substituents is 1. The second-order valence-electron chi connectivity index (χ2n) is 9.05. The van der Waals surface area contributed by atoms with E-state index in [1.807, 2.05) is 0 Å². The first kappa shape index (κ1) is 20.3. The van der Waals surface area contributed by atoms with Crippen LogP contribution in [0.3, 0.4) is 0 Å². The normalized spacial score (nSPS) is 17.0. The molecule has 0 bridgehead atoms. The number of likely N-dealkylation sites (tertiary alicyclic amines) is 1. The minimum atomic E-state index is -0.215. The van der Waals surface area contributed by atoms with Gasteiger partial charge in [0.05, 0.1) is 7.11 Å². The van der Waals surface area contributed by atoms with Crippen LogP contribution in [0.15, 0.2) is 17.7 Å². The van der Waals surface area contributed by atoms with E-state index in [-0.39, 0.29) is 16.9 Å². The molecule has 0 aliphatic carbocycles. The number of nitrogens with one attached hydrogen (secondary N) is 1. The van der Waals surface area contributed by atoms with Gasteiger partial charge in [-0.3, -0.25) is 4.84 Å². The lowest BCUT2D eigenvalue weighted by atomic mass is 9.78. The van der Waals surface area contributed by atoms with E-state index >= 15 is 0 Å². The summed E-state index contributed by atoms with van der Waals surface area (Å²) in [6.07, 6.45) is 2.98. The van der Waals surface area contributed by atoms with Gasteiger partial charge in [-0.1, -0.05) is 47.6 Å². The number of hydrogen-bond acceptors (Lipinski definition) is 3. The summed E-state index contributed by atoms with van der Waals surface area (Å²) in [6, 6.07) is 3.91. The maximum atomic E-state index is 11.9. The van der Waals surface area contributed by atoms with Gasteiger partial charge in [-0.2, -0.15) is 0 Å². The molecule has 1 aromatic rings. The molecule has 0 saturated carbocycles. The predicted molar refractivity (Wildman–Crippen MR) is 105 cm³/mol. The van der Waals surface area contributed by atoms with Crippen LogP contribution >= 0.6 is 0 Å². The minimum absolute atomic E-state index is 0.154. The van der Waals surface area contributed by atoms with Crippen molar-refractivity contribution in [3.05, 3.63) is 34.4 Å². The largest absolute Gasteiger partial charge is 0.507 e.